The Hall–Kier alpha value is -3.60. The van der Waals surface area contributed by atoms with Crippen LogP contribution in [0.25, 0.3) is 22.5 Å². The Morgan fingerprint density at radius 1 is 1.24 bits per heavy atom. The number of hydrogen-bond donors (Lipinski definition) is 1. The standard InChI is InChI=1S/C22H17ClF4N4O3/c1-2-18(33)30-6-7-31-17(10-30)28-29-21(31)12-8-13(23)19(16(9-12)34-11-22(25,26)27)20-14(24)4-3-5-15(20)32/h2-5,8-9,32H,1,6-7,10-11H2. The molecule has 2 heterocycles. The number of hydrogen-bond acceptors (Lipinski definition) is 5. The number of rotatable bonds is 5. The van der Waals surface area contributed by atoms with Gasteiger partial charge in [0.25, 0.3) is 0 Å². The topological polar surface area (TPSA) is 80.5 Å². The van der Waals surface area contributed by atoms with Crippen molar-refractivity contribution in [2.45, 2.75) is 19.3 Å². The molecule has 4 rings (SSSR count). The van der Waals surface area contributed by atoms with E-state index in [2.05, 4.69) is 16.8 Å². The average Bonchev–Trinajstić information content (AvgIpc) is 3.20. The van der Waals surface area contributed by atoms with Gasteiger partial charge in [-0.25, -0.2) is 4.39 Å². The molecule has 0 fully saturated rings. The van der Waals surface area contributed by atoms with E-state index >= 15 is 0 Å². The molecule has 1 aliphatic heterocycles. The normalized spacial score (nSPS) is 13.5. The summed E-state index contributed by atoms with van der Waals surface area (Å²) < 4.78 is 60.0. The number of carbonyl (C=O) groups is 1. The maximum atomic E-state index is 14.5. The Kier molecular flexibility index (Phi) is 6.22. The quantitative estimate of drug-likeness (QED) is 0.413. The molecule has 7 nitrogen and oxygen atoms in total. The van der Waals surface area contributed by atoms with Crippen LogP contribution in [0.4, 0.5) is 17.6 Å². The van der Waals surface area contributed by atoms with Gasteiger partial charge in [-0.15, -0.1) is 10.2 Å². The molecule has 0 unspecified atom stereocenters. The second-order valence-corrected chi connectivity index (χ2v) is 7.83. The van der Waals surface area contributed by atoms with E-state index in [-0.39, 0.29) is 34.4 Å². The van der Waals surface area contributed by atoms with Gasteiger partial charge in [0, 0.05) is 24.2 Å². The van der Waals surface area contributed by atoms with E-state index in [4.69, 9.17) is 16.3 Å². The number of fused-ring (bicyclic) bond motifs is 1. The highest BCUT2D eigenvalue weighted by Gasteiger charge is 2.31. The van der Waals surface area contributed by atoms with E-state index < -0.39 is 35.7 Å². The van der Waals surface area contributed by atoms with E-state index in [1.165, 1.54) is 35.2 Å². The van der Waals surface area contributed by atoms with Crippen molar-refractivity contribution >= 4 is 17.5 Å². The third-order valence-electron chi connectivity index (χ3n) is 5.18. The van der Waals surface area contributed by atoms with E-state index in [1.54, 1.807) is 4.57 Å². The van der Waals surface area contributed by atoms with Crippen LogP contribution in [0.2, 0.25) is 5.02 Å². The van der Waals surface area contributed by atoms with Gasteiger partial charge >= 0.3 is 6.18 Å². The zero-order chi connectivity index (χ0) is 24.6. The molecule has 1 amide bonds. The molecular formula is C22H17ClF4N4O3. The second-order valence-electron chi connectivity index (χ2n) is 7.42. The molecule has 0 atom stereocenters. The van der Waals surface area contributed by atoms with Gasteiger partial charge in [0.15, 0.2) is 18.3 Å². The first-order chi connectivity index (χ1) is 16.1. The summed E-state index contributed by atoms with van der Waals surface area (Å²) in [6.07, 6.45) is -3.49. The van der Waals surface area contributed by atoms with Crippen LogP contribution in [-0.2, 0) is 17.9 Å². The lowest BCUT2D eigenvalue weighted by Gasteiger charge is -2.27. The number of amides is 1. The number of aromatic nitrogens is 3. The van der Waals surface area contributed by atoms with Crippen molar-refractivity contribution in [1.82, 2.24) is 19.7 Å². The Labute approximate surface area is 195 Å². The monoisotopic (exact) mass is 496 g/mol. The Bertz CT molecular complexity index is 1260. The summed E-state index contributed by atoms with van der Waals surface area (Å²) in [7, 11) is 0. The summed E-state index contributed by atoms with van der Waals surface area (Å²) in [6, 6.07) is 6.08. The molecule has 0 spiro atoms. The number of aromatic hydroxyl groups is 1. The van der Waals surface area contributed by atoms with Crippen LogP contribution < -0.4 is 4.74 Å². The van der Waals surface area contributed by atoms with Crippen molar-refractivity contribution in [3.63, 3.8) is 0 Å². The maximum Gasteiger partial charge on any atom is 0.422 e. The Balaban J connectivity index is 1.81. The molecule has 12 heteroatoms. The minimum Gasteiger partial charge on any atom is -0.507 e. The van der Waals surface area contributed by atoms with Crippen LogP contribution in [0.5, 0.6) is 11.5 Å². The van der Waals surface area contributed by atoms with Gasteiger partial charge in [-0.2, -0.15) is 13.2 Å². The number of carbonyl (C=O) groups excluding carboxylic acids is 1. The SMILES string of the molecule is C=CC(=O)N1CCn2c(nnc2-c2cc(Cl)c(-c3c(O)cccc3F)c(OCC(F)(F)F)c2)C1. The Morgan fingerprint density at radius 3 is 2.68 bits per heavy atom. The van der Waals surface area contributed by atoms with E-state index in [0.29, 0.717) is 18.9 Å². The van der Waals surface area contributed by atoms with Gasteiger partial charge in [0.1, 0.15) is 17.3 Å². The first-order valence-electron chi connectivity index (χ1n) is 9.93. The largest absolute Gasteiger partial charge is 0.507 e. The van der Waals surface area contributed by atoms with Crippen molar-refractivity contribution in [3.8, 4) is 34.0 Å². The van der Waals surface area contributed by atoms with Crippen molar-refractivity contribution in [2.24, 2.45) is 0 Å². The van der Waals surface area contributed by atoms with Crippen LogP contribution in [0.15, 0.2) is 43.0 Å². The molecule has 178 valence electrons. The van der Waals surface area contributed by atoms with Gasteiger partial charge in [0.2, 0.25) is 5.91 Å². The molecule has 1 aromatic heterocycles. The summed E-state index contributed by atoms with van der Waals surface area (Å²) >= 11 is 6.39. The predicted molar refractivity (Wildman–Crippen MR) is 115 cm³/mol. The number of alkyl halides is 3. The molecule has 2 aromatic carbocycles. The summed E-state index contributed by atoms with van der Waals surface area (Å²) in [6.45, 7) is 2.63. The number of benzene rings is 2. The maximum absolute atomic E-state index is 14.5. The lowest BCUT2D eigenvalue weighted by molar-refractivity contribution is -0.153. The molecule has 0 saturated carbocycles. The highest BCUT2D eigenvalue weighted by Crippen LogP contribution is 2.45. The van der Waals surface area contributed by atoms with Crippen molar-refractivity contribution < 1.29 is 32.2 Å². The van der Waals surface area contributed by atoms with E-state index in [9.17, 15) is 27.5 Å². The number of nitrogens with zero attached hydrogens (tertiary/aromatic N) is 4. The minimum atomic E-state index is -4.67. The zero-order valence-electron chi connectivity index (χ0n) is 17.4. The van der Waals surface area contributed by atoms with Crippen LogP contribution in [0.1, 0.15) is 5.82 Å². The third kappa shape index (κ3) is 4.56. The van der Waals surface area contributed by atoms with Gasteiger partial charge in [-0.05, 0) is 30.3 Å². The van der Waals surface area contributed by atoms with Crippen LogP contribution in [0, 0.1) is 5.82 Å². The molecule has 34 heavy (non-hydrogen) atoms. The van der Waals surface area contributed by atoms with Crippen LogP contribution in [-0.4, -0.2) is 50.0 Å². The Morgan fingerprint density at radius 2 is 2.00 bits per heavy atom. The van der Waals surface area contributed by atoms with Crippen molar-refractivity contribution in [1.29, 1.82) is 0 Å². The summed E-state index contributed by atoms with van der Waals surface area (Å²) in [5, 5.41) is 18.2. The molecule has 3 aromatic rings. The highest BCUT2D eigenvalue weighted by atomic mass is 35.5. The minimum absolute atomic E-state index is 0.160. The van der Waals surface area contributed by atoms with Crippen LogP contribution >= 0.6 is 11.6 Å². The summed E-state index contributed by atoms with van der Waals surface area (Å²) in [4.78, 5) is 13.4. The van der Waals surface area contributed by atoms with Crippen LogP contribution in [0.3, 0.4) is 0 Å². The van der Waals surface area contributed by atoms with E-state index in [1.807, 2.05) is 0 Å². The predicted octanol–water partition coefficient (Wildman–Crippen LogP) is 4.58. The number of phenolic OH excluding ortho intramolecular Hbond substituents is 1. The first kappa shape index (κ1) is 23.6. The van der Waals surface area contributed by atoms with Gasteiger partial charge in [-0.3, -0.25) is 4.79 Å². The molecule has 0 aliphatic carbocycles. The van der Waals surface area contributed by atoms with Gasteiger partial charge in [0.05, 0.1) is 17.1 Å². The molecule has 0 radical (unpaired) electrons. The highest BCUT2D eigenvalue weighted by molar-refractivity contribution is 6.34. The lowest BCUT2D eigenvalue weighted by atomic mass is 10.00. The lowest BCUT2D eigenvalue weighted by Crippen LogP contribution is -2.37. The summed E-state index contributed by atoms with van der Waals surface area (Å²) in [5.41, 5.74) is -0.353. The van der Waals surface area contributed by atoms with Gasteiger partial charge in [-0.1, -0.05) is 24.2 Å². The van der Waals surface area contributed by atoms with E-state index in [0.717, 1.165) is 6.07 Å². The molecule has 0 bridgehead atoms. The molecule has 1 N–H and O–H groups in total. The first-order valence-corrected chi connectivity index (χ1v) is 10.3. The third-order valence-corrected chi connectivity index (χ3v) is 5.48. The van der Waals surface area contributed by atoms with Gasteiger partial charge < -0.3 is 19.3 Å². The molecule has 0 saturated heterocycles. The second kappa shape index (κ2) is 8.98. The fraction of sp³-hybridized carbons (Fsp3) is 0.227. The molecule has 1 aliphatic rings. The number of halogens is 5. The fourth-order valence-corrected chi connectivity index (χ4v) is 3.98. The summed E-state index contributed by atoms with van der Waals surface area (Å²) in [5.74, 6) is -1.32. The van der Waals surface area contributed by atoms with Crippen molar-refractivity contribution in [3.05, 3.63) is 59.7 Å². The number of phenols is 1. The molecular weight excluding hydrogens is 480 g/mol. The number of ether oxygens (including phenoxy) is 1. The van der Waals surface area contributed by atoms with Crippen molar-refractivity contribution in [2.75, 3.05) is 13.2 Å². The zero-order valence-corrected chi connectivity index (χ0v) is 18.2. The smallest absolute Gasteiger partial charge is 0.422 e. The average molecular weight is 497 g/mol. The fourth-order valence-electron chi connectivity index (χ4n) is 3.68.